The summed E-state index contributed by atoms with van der Waals surface area (Å²) < 4.78 is 0. The van der Waals surface area contributed by atoms with Gasteiger partial charge in [-0.05, 0) is 18.6 Å². The Hall–Kier alpha value is -1.24. The van der Waals surface area contributed by atoms with Crippen molar-refractivity contribution in [2.45, 2.75) is 19.8 Å². The number of nitrogens with one attached hydrogen (secondary N) is 1. The number of hydrogen-bond donors (Lipinski definition) is 1. The van der Waals surface area contributed by atoms with E-state index in [1.807, 2.05) is 7.05 Å². The van der Waals surface area contributed by atoms with Gasteiger partial charge in [0.15, 0.2) is 0 Å². The Bertz CT molecular complexity index is 289. The van der Waals surface area contributed by atoms with Gasteiger partial charge in [-0.1, -0.05) is 37.3 Å². The van der Waals surface area contributed by atoms with Crippen molar-refractivity contribution in [1.29, 1.82) is 0 Å². The Morgan fingerprint density at radius 3 is 2.62 bits per heavy atom. The standard InChI is InChI=1S/C12H17N/c1-4-7-10(2)11-8-5-6-9-12(11)13-3/h4-10,13H,1-3H3/b7-4+. The van der Waals surface area contributed by atoms with Gasteiger partial charge in [-0.25, -0.2) is 0 Å². The first-order valence-electron chi connectivity index (χ1n) is 4.69. The molecule has 1 N–H and O–H groups in total. The van der Waals surface area contributed by atoms with E-state index in [0.717, 1.165) is 0 Å². The molecule has 1 aromatic carbocycles. The van der Waals surface area contributed by atoms with E-state index in [4.69, 9.17) is 0 Å². The quantitative estimate of drug-likeness (QED) is 0.694. The highest BCUT2D eigenvalue weighted by Crippen LogP contribution is 2.24. The first-order chi connectivity index (χ1) is 6.29. The lowest BCUT2D eigenvalue weighted by Crippen LogP contribution is -1.97. The highest BCUT2D eigenvalue weighted by molar-refractivity contribution is 5.53. The van der Waals surface area contributed by atoms with Gasteiger partial charge in [-0.2, -0.15) is 0 Å². The summed E-state index contributed by atoms with van der Waals surface area (Å²) in [4.78, 5) is 0. The molecule has 1 nitrogen and oxygen atoms in total. The molecule has 0 saturated carbocycles. The van der Waals surface area contributed by atoms with E-state index in [9.17, 15) is 0 Å². The van der Waals surface area contributed by atoms with Crippen LogP contribution in [-0.4, -0.2) is 7.05 Å². The molecule has 1 unspecified atom stereocenters. The zero-order valence-electron chi connectivity index (χ0n) is 8.54. The van der Waals surface area contributed by atoms with E-state index in [1.165, 1.54) is 11.3 Å². The Morgan fingerprint density at radius 2 is 2.00 bits per heavy atom. The second-order valence-electron chi connectivity index (χ2n) is 3.15. The van der Waals surface area contributed by atoms with Crippen LogP contribution in [0.4, 0.5) is 5.69 Å². The molecule has 1 aromatic rings. The summed E-state index contributed by atoms with van der Waals surface area (Å²) in [5.74, 6) is 0.480. The molecule has 0 bridgehead atoms. The fraction of sp³-hybridized carbons (Fsp3) is 0.333. The largest absolute Gasteiger partial charge is 0.388 e. The molecule has 0 saturated heterocycles. The molecule has 0 aliphatic heterocycles. The van der Waals surface area contributed by atoms with Gasteiger partial charge in [0.1, 0.15) is 0 Å². The topological polar surface area (TPSA) is 12.0 Å². The van der Waals surface area contributed by atoms with Crippen LogP contribution in [0, 0.1) is 0 Å². The molecule has 70 valence electrons. The van der Waals surface area contributed by atoms with Crippen LogP contribution in [0.3, 0.4) is 0 Å². The first kappa shape index (κ1) is 9.85. The van der Waals surface area contributed by atoms with Crippen LogP contribution in [0.5, 0.6) is 0 Å². The number of anilines is 1. The smallest absolute Gasteiger partial charge is 0.0376 e. The second kappa shape index (κ2) is 4.70. The molecule has 0 aliphatic rings. The van der Waals surface area contributed by atoms with Crippen molar-refractivity contribution in [2.75, 3.05) is 12.4 Å². The van der Waals surface area contributed by atoms with Crippen molar-refractivity contribution in [2.24, 2.45) is 0 Å². The van der Waals surface area contributed by atoms with Gasteiger partial charge in [0.25, 0.3) is 0 Å². The molecular formula is C12H17N. The average molecular weight is 175 g/mol. The van der Waals surface area contributed by atoms with E-state index in [1.54, 1.807) is 0 Å². The summed E-state index contributed by atoms with van der Waals surface area (Å²) in [6.07, 6.45) is 4.30. The van der Waals surface area contributed by atoms with Crippen molar-refractivity contribution in [3.05, 3.63) is 42.0 Å². The third-order valence-electron chi connectivity index (χ3n) is 2.20. The van der Waals surface area contributed by atoms with E-state index in [0.29, 0.717) is 5.92 Å². The lowest BCUT2D eigenvalue weighted by atomic mass is 9.99. The van der Waals surface area contributed by atoms with Crippen LogP contribution in [0.15, 0.2) is 36.4 Å². The fourth-order valence-electron chi connectivity index (χ4n) is 1.51. The molecule has 0 fully saturated rings. The van der Waals surface area contributed by atoms with Crippen molar-refractivity contribution < 1.29 is 0 Å². The molecule has 0 amide bonds. The number of para-hydroxylation sites is 1. The highest BCUT2D eigenvalue weighted by Gasteiger charge is 2.04. The van der Waals surface area contributed by atoms with Gasteiger partial charge in [0, 0.05) is 18.7 Å². The molecule has 1 rings (SSSR count). The van der Waals surface area contributed by atoms with E-state index < -0.39 is 0 Å². The van der Waals surface area contributed by atoms with Crippen molar-refractivity contribution in [1.82, 2.24) is 0 Å². The predicted octanol–water partition coefficient (Wildman–Crippen LogP) is 3.41. The fourth-order valence-corrected chi connectivity index (χ4v) is 1.51. The van der Waals surface area contributed by atoms with Crippen molar-refractivity contribution >= 4 is 5.69 Å². The third-order valence-corrected chi connectivity index (χ3v) is 2.20. The molecular weight excluding hydrogens is 158 g/mol. The third kappa shape index (κ3) is 2.35. The molecule has 0 aliphatic carbocycles. The molecule has 13 heavy (non-hydrogen) atoms. The molecule has 1 heteroatoms. The minimum Gasteiger partial charge on any atom is -0.388 e. The molecule has 1 atom stereocenters. The normalized spacial score (nSPS) is 13.2. The summed E-state index contributed by atoms with van der Waals surface area (Å²) in [5, 5.41) is 3.20. The van der Waals surface area contributed by atoms with Crippen LogP contribution in [-0.2, 0) is 0 Å². The maximum Gasteiger partial charge on any atom is 0.0376 e. The predicted molar refractivity (Wildman–Crippen MR) is 59.2 cm³/mol. The Kier molecular flexibility index (Phi) is 3.56. The van der Waals surface area contributed by atoms with Crippen molar-refractivity contribution in [3.63, 3.8) is 0 Å². The Balaban J connectivity index is 2.98. The van der Waals surface area contributed by atoms with Gasteiger partial charge in [-0.3, -0.25) is 0 Å². The summed E-state index contributed by atoms with van der Waals surface area (Å²) in [7, 11) is 1.96. The first-order valence-corrected chi connectivity index (χ1v) is 4.69. The van der Waals surface area contributed by atoms with Crippen LogP contribution in [0.25, 0.3) is 0 Å². The molecule has 0 radical (unpaired) electrons. The van der Waals surface area contributed by atoms with E-state index >= 15 is 0 Å². The zero-order valence-corrected chi connectivity index (χ0v) is 8.54. The maximum absolute atomic E-state index is 3.20. The van der Waals surface area contributed by atoms with Crippen LogP contribution in [0.2, 0.25) is 0 Å². The zero-order chi connectivity index (χ0) is 9.68. The van der Waals surface area contributed by atoms with Gasteiger partial charge in [0.2, 0.25) is 0 Å². The van der Waals surface area contributed by atoms with E-state index in [2.05, 4.69) is 55.6 Å². The Morgan fingerprint density at radius 1 is 1.31 bits per heavy atom. The van der Waals surface area contributed by atoms with Crippen LogP contribution in [0.1, 0.15) is 25.3 Å². The van der Waals surface area contributed by atoms with E-state index in [-0.39, 0.29) is 0 Å². The van der Waals surface area contributed by atoms with Crippen molar-refractivity contribution in [3.8, 4) is 0 Å². The van der Waals surface area contributed by atoms with Crippen LogP contribution >= 0.6 is 0 Å². The highest BCUT2D eigenvalue weighted by atomic mass is 14.8. The summed E-state index contributed by atoms with van der Waals surface area (Å²) in [6.45, 7) is 4.26. The monoisotopic (exact) mass is 175 g/mol. The molecule has 0 aromatic heterocycles. The van der Waals surface area contributed by atoms with Crippen LogP contribution < -0.4 is 5.32 Å². The summed E-state index contributed by atoms with van der Waals surface area (Å²) in [5.41, 5.74) is 2.57. The second-order valence-corrected chi connectivity index (χ2v) is 3.15. The molecule has 0 spiro atoms. The lowest BCUT2D eigenvalue weighted by Gasteiger charge is -2.12. The Labute approximate surface area is 80.5 Å². The number of allylic oxidation sites excluding steroid dienone is 2. The van der Waals surface area contributed by atoms with Gasteiger partial charge in [-0.15, -0.1) is 0 Å². The summed E-state index contributed by atoms with van der Waals surface area (Å²) in [6, 6.07) is 8.40. The minimum atomic E-state index is 0.480. The average Bonchev–Trinajstić information content (AvgIpc) is 2.18. The summed E-state index contributed by atoms with van der Waals surface area (Å²) >= 11 is 0. The maximum atomic E-state index is 3.20. The van der Waals surface area contributed by atoms with Gasteiger partial charge >= 0.3 is 0 Å². The van der Waals surface area contributed by atoms with Gasteiger partial charge in [0.05, 0.1) is 0 Å². The van der Waals surface area contributed by atoms with Gasteiger partial charge < -0.3 is 5.32 Å². The molecule has 0 heterocycles. The number of rotatable bonds is 3. The number of hydrogen-bond acceptors (Lipinski definition) is 1. The SMILES string of the molecule is C/C=C/C(C)c1ccccc1NC. The number of benzene rings is 1. The lowest BCUT2D eigenvalue weighted by molar-refractivity contribution is 0.966. The minimum absolute atomic E-state index is 0.480.